The number of aliphatic hydroxyl groups is 1. The molecule has 0 aromatic heterocycles. The van der Waals surface area contributed by atoms with Gasteiger partial charge in [0.15, 0.2) is 0 Å². The molecule has 0 bridgehead atoms. The van der Waals surface area contributed by atoms with Gasteiger partial charge in [-0.05, 0) is 97.2 Å². The third kappa shape index (κ3) is 3.68. The highest BCUT2D eigenvalue weighted by molar-refractivity contribution is 5.28. The average Bonchev–Trinajstić information content (AvgIpc) is 3.05. The highest BCUT2D eigenvalue weighted by atomic mass is 16.3. The van der Waals surface area contributed by atoms with E-state index in [2.05, 4.69) is 71.9 Å². The van der Waals surface area contributed by atoms with Crippen LogP contribution in [-0.2, 0) is 0 Å². The monoisotopic (exact) mass is 410 g/mol. The molecule has 30 heavy (non-hydrogen) atoms. The van der Waals surface area contributed by atoms with Crippen molar-refractivity contribution in [3.8, 4) is 0 Å². The van der Waals surface area contributed by atoms with E-state index in [0.29, 0.717) is 22.7 Å². The van der Waals surface area contributed by atoms with E-state index in [-0.39, 0.29) is 6.10 Å². The summed E-state index contributed by atoms with van der Waals surface area (Å²) in [6.07, 6.45) is 20.9. The van der Waals surface area contributed by atoms with Gasteiger partial charge in [-0.3, -0.25) is 0 Å². The van der Waals surface area contributed by atoms with Gasteiger partial charge in [-0.25, -0.2) is 0 Å². The molecule has 1 nitrogen and oxygen atoms in total. The molecule has 1 N–H and O–H groups in total. The Kier molecular flexibility index (Phi) is 6.17. The molecule has 0 aromatic carbocycles. The summed E-state index contributed by atoms with van der Waals surface area (Å²) < 4.78 is 0. The number of aliphatic hydroxyl groups excluding tert-OH is 1. The van der Waals surface area contributed by atoms with Crippen LogP contribution in [0.1, 0.15) is 86.5 Å². The van der Waals surface area contributed by atoms with Crippen molar-refractivity contribution in [1.82, 2.24) is 0 Å². The second kappa shape index (κ2) is 8.27. The van der Waals surface area contributed by atoms with Gasteiger partial charge in [0.1, 0.15) is 0 Å². The minimum atomic E-state index is -0.0993. The number of allylic oxidation sites excluding steroid dienone is 5. The molecule has 0 heterocycles. The minimum absolute atomic E-state index is 0.0993. The summed E-state index contributed by atoms with van der Waals surface area (Å²) >= 11 is 0. The van der Waals surface area contributed by atoms with Gasteiger partial charge in [-0.2, -0.15) is 0 Å². The maximum absolute atomic E-state index is 10.2. The van der Waals surface area contributed by atoms with E-state index >= 15 is 0 Å². The van der Waals surface area contributed by atoms with Crippen LogP contribution in [0.3, 0.4) is 0 Å². The lowest BCUT2D eigenvalue weighted by molar-refractivity contribution is -0.0475. The summed E-state index contributed by atoms with van der Waals surface area (Å²) in [4.78, 5) is 0. The molecule has 1 heteroatoms. The largest absolute Gasteiger partial charge is 0.393 e. The van der Waals surface area contributed by atoms with E-state index in [4.69, 9.17) is 0 Å². The zero-order valence-corrected chi connectivity index (χ0v) is 20.4. The summed E-state index contributed by atoms with van der Waals surface area (Å²) in [5.74, 6) is 5.20. The quantitative estimate of drug-likeness (QED) is 0.463. The predicted molar refractivity (Wildman–Crippen MR) is 128 cm³/mol. The second-order valence-corrected chi connectivity index (χ2v) is 12.3. The van der Waals surface area contributed by atoms with Crippen molar-refractivity contribution in [2.45, 2.75) is 92.6 Å². The lowest BCUT2D eigenvalue weighted by Crippen LogP contribution is -2.51. The Labute approximate surface area is 186 Å². The molecule has 2 fully saturated rings. The van der Waals surface area contributed by atoms with Gasteiger partial charge in [-0.1, -0.05) is 77.5 Å². The Balaban J connectivity index is 1.48. The molecule has 4 aliphatic rings. The van der Waals surface area contributed by atoms with Crippen LogP contribution >= 0.6 is 0 Å². The first-order chi connectivity index (χ1) is 14.2. The van der Waals surface area contributed by atoms with Gasteiger partial charge in [0.25, 0.3) is 0 Å². The Morgan fingerprint density at radius 2 is 1.87 bits per heavy atom. The number of hydrogen-bond donors (Lipinski definition) is 1. The van der Waals surface area contributed by atoms with Gasteiger partial charge < -0.3 is 5.11 Å². The van der Waals surface area contributed by atoms with Gasteiger partial charge in [0.05, 0.1) is 6.10 Å². The van der Waals surface area contributed by atoms with Crippen molar-refractivity contribution < 1.29 is 5.11 Å². The molecule has 1 unspecified atom stereocenters. The molecule has 2 saturated carbocycles. The molecule has 0 radical (unpaired) electrons. The summed E-state index contributed by atoms with van der Waals surface area (Å²) in [5.41, 5.74) is 2.37. The molecule has 0 spiro atoms. The number of hydrogen-bond acceptors (Lipinski definition) is 1. The Hall–Kier alpha value is -0.820. The lowest BCUT2D eigenvalue weighted by Gasteiger charge is -2.58. The van der Waals surface area contributed by atoms with Gasteiger partial charge >= 0.3 is 0 Å². The fourth-order valence-electron chi connectivity index (χ4n) is 7.85. The predicted octanol–water partition coefficient (Wildman–Crippen LogP) is 7.58. The van der Waals surface area contributed by atoms with Crippen LogP contribution in [0.15, 0.2) is 36.0 Å². The van der Waals surface area contributed by atoms with Crippen molar-refractivity contribution in [1.29, 1.82) is 0 Å². The van der Waals surface area contributed by atoms with Crippen molar-refractivity contribution in [3.05, 3.63) is 36.0 Å². The highest BCUT2D eigenvalue weighted by Crippen LogP contribution is 2.65. The first-order valence-electron chi connectivity index (χ1n) is 12.9. The molecule has 0 aliphatic heterocycles. The smallest absolute Gasteiger partial charge is 0.0577 e. The second-order valence-electron chi connectivity index (χ2n) is 12.3. The third-order valence-electron chi connectivity index (χ3n) is 10.3. The molecule has 0 aromatic rings. The zero-order chi connectivity index (χ0) is 21.7. The van der Waals surface area contributed by atoms with Crippen LogP contribution in [0, 0.1) is 52.3 Å². The molecule has 4 rings (SSSR count). The van der Waals surface area contributed by atoms with E-state index in [1.807, 2.05) is 0 Å². The summed E-state index contributed by atoms with van der Waals surface area (Å²) in [6.45, 7) is 14.6. The first kappa shape index (κ1) is 22.4. The summed E-state index contributed by atoms with van der Waals surface area (Å²) in [5, 5.41) is 10.2. The molecular weight excluding hydrogens is 364 g/mol. The average molecular weight is 411 g/mol. The third-order valence-corrected chi connectivity index (χ3v) is 10.3. The van der Waals surface area contributed by atoms with Gasteiger partial charge in [-0.15, -0.1) is 0 Å². The molecule has 0 amide bonds. The Bertz CT molecular complexity index is 714. The van der Waals surface area contributed by atoms with E-state index in [9.17, 15) is 5.11 Å². The summed E-state index contributed by atoms with van der Waals surface area (Å²) in [6, 6.07) is 0. The molecule has 4 aliphatic carbocycles. The Morgan fingerprint density at radius 3 is 2.60 bits per heavy atom. The maximum atomic E-state index is 10.2. The fourth-order valence-corrected chi connectivity index (χ4v) is 7.85. The summed E-state index contributed by atoms with van der Waals surface area (Å²) in [7, 11) is 0. The highest BCUT2D eigenvalue weighted by Gasteiger charge is 2.57. The normalized spacial score (nSPS) is 45.1. The van der Waals surface area contributed by atoms with Crippen molar-refractivity contribution in [2.75, 3.05) is 0 Å². The minimum Gasteiger partial charge on any atom is -0.393 e. The van der Waals surface area contributed by atoms with Crippen LogP contribution in [0.2, 0.25) is 0 Å². The molecule has 9 atom stereocenters. The number of rotatable bonds is 5. The molecule has 0 saturated heterocycles. The van der Waals surface area contributed by atoms with Crippen LogP contribution in [-0.4, -0.2) is 11.2 Å². The standard InChI is InChI=1S/C29H46O/c1-19(2)20(3)8-7-9-21(4)25-12-13-26-24-11-10-22-18-23(30)14-16-28(22,5)27(24)15-17-29(25,26)6/h7-8,10,12-13,19-21,23-27,30H,9,11,14-18H2,1-6H3/b8-7+/t20?,21-,23+,24+,25-,26+,27+,28+,29-/m1/s1. The first-order valence-corrected chi connectivity index (χ1v) is 12.9. The van der Waals surface area contributed by atoms with Crippen molar-refractivity contribution in [2.24, 2.45) is 52.3 Å². The fraction of sp³-hybridized carbons (Fsp3) is 0.793. The molecular formula is C29H46O. The van der Waals surface area contributed by atoms with Crippen LogP contribution in [0.4, 0.5) is 0 Å². The van der Waals surface area contributed by atoms with Gasteiger partial charge in [0.2, 0.25) is 0 Å². The zero-order valence-electron chi connectivity index (χ0n) is 20.4. The molecule has 168 valence electrons. The number of fused-ring (bicyclic) bond motifs is 5. The SMILES string of the molecule is CC(C)C(C)/C=C/C[C@@H](C)[C@H]1C=C[C@H]2[C@@H]3CC=C4C[C@@H](O)CC[C@]4(C)[C@H]3CC[C@]12C. The van der Waals surface area contributed by atoms with Crippen LogP contribution in [0.25, 0.3) is 0 Å². The van der Waals surface area contributed by atoms with E-state index in [0.717, 1.165) is 42.4 Å². The van der Waals surface area contributed by atoms with E-state index in [1.165, 1.54) is 32.1 Å². The van der Waals surface area contributed by atoms with Crippen molar-refractivity contribution >= 4 is 0 Å². The topological polar surface area (TPSA) is 20.2 Å². The van der Waals surface area contributed by atoms with Crippen molar-refractivity contribution in [3.63, 3.8) is 0 Å². The Morgan fingerprint density at radius 1 is 1.10 bits per heavy atom. The van der Waals surface area contributed by atoms with E-state index < -0.39 is 0 Å². The maximum Gasteiger partial charge on any atom is 0.0577 e. The van der Waals surface area contributed by atoms with E-state index in [1.54, 1.807) is 5.57 Å². The lowest BCUT2D eigenvalue weighted by atomic mass is 9.46. The van der Waals surface area contributed by atoms with Crippen LogP contribution < -0.4 is 0 Å². The van der Waals surface area contributed by atoms with Crippen LogP contribution in [0.5, 0.6) is 0 Å². The van der Waals surface area contributed by atoms with Gasteiger partial charge in [0, 0.05) is 0 Å².